The highest BCUT2D eigenvalue weighted by Gasteiger charge is 2.13. The van der Waals surface area contributed by atoms with Crippen LogP contribution in [0.1, 0.15) is 51.8 Å². The molecule has 0 aliphatic rings. The molecule has 3 heteroatoms. The number of benzene rings is 1. The van der Waals surface area contributed by atoms with Crippen molar-refractivity contribution in [2.45, 2.75) is 52.6 Å². The number of anilines is 1. The van der Waals surface area contributed by atoms with Crippen molar-refractivity contribution in [3.63, 3.8) is 0 Å². The number of aromatic nitrogens is 2. The van der Waals surface area contributed by atoms with Gasteiger partial charge in [-0.3, -0.25) is 4.68 Å². The van der Waals surface area contributed by atoms with Crippen molar-refractivity contribution in [3.05, 3.63) is 47.8 Å². The fraction of sp³-hybridized carbons (Fsp3) is 0.471. The van der Waals surface area contributed by atoms with Crippen LogP contribution in [0, 0.1) is 0 Å². The Balaban J connectivity index is 2.06. The lowest BCUT2D eigenvalue weighted by atomic mass is 9.87. The summed E-state index contributed by atoms with van der Waals surface area (Å²) in [7, 11) is 0. The smallest absolute Gasteiger partial charge is 0.0542 e. The summed E-state index contributed by atoms with van der Waals surface area (Å²) in [6.45, 7) is 11.9. The summed E-state index contributed by atoms with van der Waals surface area (Å²) in [5, 5.41) is 7.84. The van der Waals surface area contributed by atoms with Gasteiger partial charge in [0.1, 0.15) is 0 Å². The van der Waals surface area contributed by atoms with Gasteiger partial charge in [0.25, 0.3) is 0 Å². The quantitative estimate of drug-likeness (QED) is 0.894. The second kappa shape index (κ2) is 5.70. The topological polar surface area (TPSA) is 29.9 Å². The van der Waals surface area contributed by atoms with Crippen molar-refractivity contribution >= 4 is 5.69 Å². The van der Waals surface area contributed by atoms with Crippen molar-refractivity contribution in [3.8, 4) is 0 Å². The van der Waals surface area contributed by atoms with Crippen LogP contribution in [0.4, 0.5) is 5.69 Å². The second-order valence-electron chi connectivity index (χ2n) is 6.32. The van der Waals surface area contributed by atoms with Gasteiger partial charge in [-0.05, 0) is 37.0 Å². The molecule has 0 fully saturated rings. The van der Waals surface area contributed by atoms with Gasteiger partial charge in [-0.2, -0.15) is 5.10 Å². The summed E-state index contributed by atoms with van der Waals surface area (Å²) in [5.74, 6) is 0. The maximum absolute atomic E-state index is 4.32. The summed E-state index contributed by atoms with van der Waals surface area (Å²) < 4.78 is 1.95. The highest BCUT2D eigenvalue weighted by atomic mass is 15.3. The van der Waals surface area contributed by atoms with Crippen LogP contribution in [-0.4, -0.2) is 9.78 Å². The molecule has 1 aromatic carbocycles. The molecule has 2 aromatic rings. The van der Waals surface area contributed by atoms with Crippen LogP contribution in [0.3, 0.4) is 0 Å². The van der Waals surface area contributed by atoms with E-state index in [1.54, 1.807) is 0 Å². The predicted octanol–water partition coefficient (Wildman–Crippen LogP) is 4.37. The van der Waals surface area contributed by atoms with Crippen LogP contribution in [0.25, 0.3) is 0 Å². The van der Waals surface area contributed by atoms with Crippen molar-refractivity contribution in [1.29, 1.82) is 0 Å². The summed E-state index contributed by atoms with van der Waals surface area (Å²) in [5.41, 5.74) is 3.92. The zero-order chi connectivity index (χ0) is 14.8. The fourth-order valence-electron chi connectivity index (χ4n) is 2.18. The van der Waals surface area contributed by atoms with Gasteiger partial charge in [0.05, 0.1) is 12.2 Å². The van der Waals surface area contributed by atoms with E-state index in [1.165, 1.54) is 11.1 Å². The van der Waals surface area contributed by atoms with E-state index in [0.29, 0.717) is 0 Å². The van der Waals surface area contributed by atoms with E-state index in [4.69, 9.17) is 0 Å². The fourth-order valence-corrected chi connectivity index (χ4v) is 2.18. The van der Waals surface area contributed by atoms with Crippen molar-refractivity contribution in [2.24, 2.45) is 0 Å². The molecule has 0 aliphatic heterocycles. The number of nitrogens with zero attached hydrogens (tertiary/aromatic N) is 2. The number of nitrogens with one attached hydrogen (secondary N) is 1. The summed E-state index contributed by atoms with van der Waals surface area (Å²) >= 11 is 0. The molecular weight excluding hydrogens is 246 g/mol. The second-order valence-corrected chi connectivity index (χ2v) is 6.32. The third kappa shape index (κ3) is 3.41. The number of hydrogen-bond donors (Lipinski definition) is 1. The molecule has 0 amide bonds. The molecule has 0 spiro atoms. The SMILES string of the molecule is CCn1cc(C(C)Nc2ccc(C(C)(C)C)cc2)cn1. The van der Waals surface area contributed by atoms with E-state index >= 15 is 0 Å². The van der Waals surface area contributed by atoms with Crippen LogP contribution in [0.2, 0.25) is 0 Å². The van der Waals surface area contributed by atoms with Gasteiger partial charge in [-0.25, -0.2) is 0 Å². The Morgan fingerprint density at radius 1 is 1.20 bits per heavy atom. The summed E-state index contributed by atoms with van der Waals surface area (Å²) in [4.78, 5) is 0. The molecule has 0 bridgehead atoms. The molecule has 2 rings (SSSR count). The monoisotopic (exact) mass is 271 g/mol. The van der Waals surface area contributed by atoms with Crippen LogP contribution in [-0.2, 0) is 12.0 Å². The molecular formula is C17H25N3. The van der Waals surface area contributed by atoms with Gasteiger partial charge in [-0.15, -0.1) is 0 Å². The van der Waals surface area contributed by atoms with Gasteiger partial charge < -0.3 is 5.32 Å². The van der Waals surface area contributed by atoms with Crippen LogP contribution in [0.5, 0.6) is 0 Å². The van der Waals surface area contributed by atoms with Crippen LogP contribution < -0.4 is 5.32 Å². The highest BCUT2D eigenvalue weighted by molar-refractivity contribution is 5.47. The van der Waals surface area contributed by atoms with Crippen molar-refractivity contribution < 1.29 is 0 Å². The molecule has 0 radical (unpaired) electrons. The number of hydrogen-bond acceptors (Lipinski definition) is 2. The minimum absolute atomic E-state index is 0.201. The van der Waals surface area contributed by atoms with Crippen LogP contribution in [0.15, 0.2) is 36.7 Å². The summed E-state index contributed by atoms with van der Waals surface area (Å²) in [6.07, 6.45) is 4.03. The van der Waals surface area contributed by atoms with E-state index < -0.39 is 0 Å². The molecule has 108 valence electrons. The highest BCUT2D eigenvalue weighted by Crippen LogP contribution is 2.25. The first-order chi connectivity index (χ1) is 9.40. The Kier molecular flexibility index (Phi) is 4.17. The minimum atomic E-state index is 0.201. The molecule has 0 saturated carbocycles. The Morgan fingerprint density at radius 3 is 2.35 bits per heavy atom. The predicted molar refractivity (Wildman–Crippen MR) is 85.1 cm³/mol. The van der Waals surface area contributed by atoms with Gasteiger partial charge in [-0.1, -0.05) is 32.9 Å². The number of rotatable bonds is 4. The minimum Gasteiger partial charge on any atom is -0.378 e. The van der Waals surface area contributed by atoms with Gasteiger partial charge in [0.15, 0.2) is 0 Å². The molecule has 3 nitrogen and oxygen atoms in total. The lowest BCUT2D eigenvalue weighted by molar-refractivity contribution is 0.590. The molecule has 1 aromatic heterocycles. The zero-order valence-electron chi connectivity index (χ0n) is 13.1. The standard InChI is InChI=1S/C17H25N3/c1-6-20-12-14(11-18-20)13(2)19-16-9-7-15(8-10-16)17(3,4)5/h7-13,19H,6H2,1-5H3. The first-order valence-electron chi connectivity index (χ1n) is 7.29. The van der Waals surface area contributed by atoms with E-state index in [-0.39, 0.29) is 11.5 Å². The van der Waals surface area contributed by atoms with Gasteiger partial charge in [0.2, 0.25) is 0 Å². The van der Waals surface area contributed by atoms with E-state index in [0.717, 1.165) is 12.2 Å². The lowest BCUT2D eigenvalue weighted by Crippen LogP contribution is -2.11. The number of aryl methyl sites for hydroxylation is 1. The zero-order valence-corrected chi connectivity index (χ0v) is 13.1. The van der Waals surface area contributed by atoms with Crippen LogP contribution >= 0.6 is 0 Å². The maximum Gasteiger partial charge on any atom is 0.0542 e. The van der Waals surface area contributed by atoms with Crippen molar-refractivity contribution in [2.75, 3.05) is 5.32 Å². The molecule has 1 atom stereocenters. The van der Waals surface area contributed by atoms with Gasteiger partial charge >= 0.3 is 0 Å². The molecule has 1 N–H and O–H groups in total. The Morgan fingerprint density at radius 2 is 1.85 bits per heavy atom. The lowest BCUT2D eigenvalue weighted by Gasteiger charge is -2.20. The molecule has 1 unspecified atom stereocenters. The summed E-state index contributed by atoms with van der Waals surface area (Å²) in [6, 6.07) is 8.97. The Bertz CT molecular complexity index is 546. The Hall–Kier alpha value is -1.77. The normalized spacial score (nSPS) is 13.2. The largest absolute Gasteiger partial charge is 0.378 e. The first kappa shape index (κ1) is 14.6. The van der Waals surface area contributed by atoms with E-state index in [1.807, 2.05) is 10.9 Å². The van der Waals surface area contributed by atoms with Crippen molar-refractivity contribution in [1.82, 2.24) is 9.78 Å². The molecule has 1 heterocycles. The third-order valence-electron chi connectivity index (χ3n) is 3.61. The van der Waals surface area contributed by atoms with E-state index in [9.17, 15) is 0 Å². The van der Waals surface area contributed by atoms with Gasteiger partial charge in [0, 0.05) is 24.0 Å². The average molecular weight is 271 g/mol. The molecule has 0 aliphatic carbocycles. The Labute approximate surface area is 122 Å². The first-order valence-corrected chi connectivity index (χ1v) is 7.29. The molecule has 0 saturated heterocycles. The third-order valence-corrected chi connectivity index (χ3v) is 3.61. The average Bonchev–Trinajstić information content (AvgIpc) is 2.87. The molecule has 20 heavy (non-hydrogen) atoms. The maximum atomic E-state index is 4.32. The van der Waals surface area contributed by atoms with E-state index in [2.05, 4.69) is 75.5 Å².